The molecule has 2 amide bonds. The van der Waals surface area contributed by atoms with Crippen molar-refractivity contribution in [1.29, 1.82) is 0 Å². The van der Waals surface area contributed by atoms with E-state index < -0.39 is 0 Å². The molecule has 7 heteroatoms. The number of fused-ring (bicyclic) bond motifs is 1. The summed E-state index contributed by atoms with van der Waals surface area (Å²) < 4.78 is 5.40. The van der Waals surface area contributed by atoms with E-state index in [4.69, 9.17) is 4.74 Å². The molecule has 1 aliphatic rings. The monoisotopic (exact) mass is 359 g/mol. The quantitative estimate of drug-likeness (QED) is 0.910. The maximum absolute atomic E-state index is 12.2. The van der Waals surface area contributed by atoms with E-state index in [-0.39, 0.29) is 30.3 Å². The number of hydrogen-bond acceptors (Lipinski definition) is 5. The highest BCUT2D eigenvalue weighted by molar-refractivity contribution is 7.13. The third-order valence-electron chi connectivity index (χ3n) is 3.89. The zero-order chi connectivity index (χ0) is 18.0. The lowest BCUT2D eigenvalue weighted by Crippen LogP contribution is -2.40. The Bertz CT molecular complexity index is 795. The molecule has 6 nitrogen and oxygen atoms in total. The van der Waals surface area contributed by atoms with Gasteiger partial charge in [0.15, 0.2) is 11.7 Å². The first-order valence-electron chi connectivity index (χ1n) is 8.12. The van der Waals surface area contributed by atoms with Crippen LogP contribution in [-0.4, -0.2) is 29.9 Å². The number of thiazole rings is 1. The molecule has 0 saturated carbocycles. The number of nitrogens with zero attached hydrogens (tertiary/aromatic N) is 2. The highest BCUT2D eigenvalue weighted by Crippen LogP contribution is 2.31. The van der Waals surface area contributed by atoms with E-state index in [9.17, 15) is 9.59 Å². The van der Waals surface area contributed by atoms with Crippen LogP contribution in [0.1, 0.15) is 32.9 Å². The van der Waals surface area contributed by atoms with E-state index >= 15 is 0 Å². The Morgan fingerprint density at radius 2 is 2.12 bits per heavy atom. The smallest absolute Gasteiger partial charge is 0.265 e. The van der Waals surface area contributed by atoms with Crippen LogP contribution in [0.4, 0.5) is 10.8 Å². The van der Waals surface area contributed by atoms with E-state index in [0.717, 1.165) is 5.69 Å². The molecule has 0 atom stereocenters. The van der Waals surface area contributed by atoms with E-state index in [1.807, 2.05) is 29.6 Å². The molecule has 1 aliphatic heterocycles. The lowest BCUT2D eigenvalue weighted by atomic mass is 9.93. The normalized spacial score (nSPS) is 14.0. The standard InChI is InChI=1S/C18H21N3O3S/c1-18(2,3)14-11-25-17(19-14)20-15(22)8-9-21-12-6-4-5-7-13(12)24-10-16(21)23/h4-7,11H,8-10H2,1-3H3,(H,19,20,22). The molecule has 0 saturated heterocycles. The molecule has 2 aromatic rings. The number of benzene rings is 1. The van der Waals surface area contributed by atoms with Gasteiger partial charge in [0, 0.05) is 23.8 Å². The van der Waals surface area contributed by atoms with Gasteiger partial charge in [0.2, 0.25) is 5.91 Å². The second-order valence-corrected chi connectivity index (χ2v) is 7.75. The first kappa shape index (κ1) is 17.4. The van der Waals surface area contributed by atoms with Gasteiger partial charge in [-0.2, -0.15) is 0 Å². The number of ether oxygens (including phenoxy) is 1. The first-order chi connectivity index (χ1) is 11.8. The zero-order valence-electron chi connectivity index (χ0n) is 14.5. The minimum absolute atomic E-state index is 0.0000548. The molecule has 132 valence electrons. The van der Waals surface area contributed by atoms with Gasteiger partial charge in [-0.25, -0.2) is 4.98 Å². The molecule has 2 heterocycles. The number of anilines is 2. The minimum atomic E-state index is -0.161. The molecular weight excluding hydrogens is 338 g/mol. The van der Waals surface area contributed by atoms with Crippen molar-refractivity contribution in [2.75, 3.05) is 23.4 Å². The van der Waals surface area contributed by atoms with Gasteiger partial charge in [0.05, 0.1) is 11.4 Å². The van der Waals surface area contributed by atoms with Crippen molar-refractivity contribution in [3.63, 3.8) is 0 Å². The highest BCUT2D eigenvalue weighted by Gasteiger charge is 2.25. The average Bonchev–Trinajstić information content (AvgIpc) is 3.02. The summed E-state index contributed by atoms with van der Waals surface area (Å²) in [6.07, 6.45) is 0.199. The van der Waals surface area contributed by atoms with Crippen LogP contribution in [0.3, 0.4) is 0 Å². The Balaban J connectivity index is 1.61. The molecule has 3 rings (SSSR count). The Morgan fingerprint density at radius 1 is 1.36 bits per heavy atom. The van der Waals surface area contributed by atoms with Crippen LogP contribution in [0.5, 0.6) is 5.75 Å². The number of aromatic nitrogens is 1. The summed E-state index contributed by atoms with van der Waals surface area (Å²) in [5, 5.41) is 5.35. The number of hydrogen-bond donors (Lipinski definition) is 1. The summed E-state index contributed by atoms with van der Waals surface area (Å²) in [5.41, 5.74) is 1.60. The van der Waals surface area contributed by atoms with E-state index in [0.29, 0.717) is 23.1 Å². The van der Waals surface area contributed by atoms with Gasteiger partial charge in [0.1, 0.15) is 5.75 Å². The Morgan fingerprint density at radius 3 is 2.84 bits per heavy atom. The van der Waals surface area contributed by atoms with Gasteiger partial charge in [-0.3, -0.25) is 9.59 Å². The fraction of sp³-hybridized carbons (Fsp3) is 0.389. The number of amides is 2. The van der Waals surface area contributed by atoms with Crippen LogP contribution in [0.2, 0.25) is 0 Å². The van der Waals surface area contributed by atoms with Gasteiger partial charge >= 0.3 is 0 Å². The van der Waals surface area contributed by atoms with Crippen LogP contribution in [0.25, 0.3) is 0 Å². The Hall–Kier alpha value is -2.41. The fourth-order valence-corrected chi connectivity index (χ4v) is 3.42. The third kappa shape index (κ3) is 3.99. The minimum Gasteiger partial charge on any atom is -0.482 e. The third-order valence-corrected chi connectivity index (χ3v) is 4.65. The van der Waals surface area contributed by atoms with Crippen molar-refractivity contribution in [1.82, 2.24) is 4.98 Å². The van der Waals surface area contributed by atoms with E-state index in [1.54, 1.807) is 4.90 Å². The van der Waals surface area contributed by atoms with Crippen LogP contribution in [0.15, 0.2) is 29.6 Å². The molecule has 1 aromatic heterocycles. The number of carbonyl (C=O) groups excluding carboxylic acids is 2. The van der Waals surface area contributed by atoms with Crippen LogP contribution >= 0.6 is 11.3 Å². The predicted molar refractivity (Wildman–Crippen MR) is 98.4 cm³/mol. The van der Waals surface area contributed by atoms with Crippen molar-refractivity contribution in [2.45, 2.75) is 32.6 Å². The molecule has 0 bridgehead atoms. The van der Waals surface area contributed by atoms with Gasteiger partial charge in [-0.15, -0.1) is 11.3 Å². The average molecular weight is 359 g/mol. The Labute approximate surface area is 150 Å². The van der Waals surface area contributed by atoms with Crippen LogP contribution in [0, 0.1) is 0 Å². The van der Waals surface area contributed by atoms with Crippen molar-refractivity contribution >= 4 is 34.0 Å². The number of para-hydroxylation sites is 2. The van der Waals surface area contributed by atoms with Crippen molar-refractivity contribution in [2.24, 2.45) is 0 Å². The summed E-state index contributed by atoms with van der Waals surface area (Å²) in [6.45, 7) is 6.54. The molecule has 0 fully saturated rings. The molecule has 0 spiro atoms. The number of nitrogens with one attached hydrogen (secondary N) is 1. The first-order valence-corrected chi connectivity index (χ1v) is 9.00. The summed E-state index contributed by atoms with van der Waals surface area (Å²) >= 11 is 1.41. The maximum atomic E-state index is 12.2. The van der Waals surface area contributed by atoms with Crippen molar-refractivity contribution < 1.29 is 14.3 Å². The molecule has 0 unspecified atom stereocenters. The molecule has 0 aliphatic carbocycles. The predicted octanol–water partition coefficient (Wildman–Crippen LogP) is 3.19. The largest absolute Gasteiger partial charge is 0.482 e. The molecule has 0 radical (unpaired) electrons. The summed E-state index contributed by atoms with van der Waals surface area (Å²) in [6, 6.07) is 7.34. The van der Waals surface area contributed by atoms with Crippen LogP contribution in [-0.2, 0) is 15.0 Å². The summed E-state index contributed by atoms with van der Waals surface area (Å²) in [4.78, 5) is 30.4. The second kappa shape index (κ2) is 6.84. The molecule has 1 aromatic carbocycles. The van der Waals surface area contributed by atoms with Gasteiger partial charge in [0.25, 0.3) is 5.91 Å². The zero-order valence-corrected chi connectivity index (χ0v) is 15.4. The van der Waals surface area contributed by atoms with Crippen molar-refractivity contribution in [3.8, 4) is 5.75 Å². The summed E-state index contributed by atoms with van der Waals surface area (Å²) in [5.74, 6) is 0.361. The van der Waals surface area contributed by atoms with Gasteiger partial charge in [-0.05, 0) is 12.1 Å². The summed E-state index contributed by atoms with van der Waals surface area (Å²) in [7, 11) is 0. The van der Waals surface area contributed by atoms with Crippen molar-refractivity contribution in [3.05, 3.63) is 35.3 Å². The van der Waals surface area contributed by atoms with Crippen LogP contribution < -0.4 is 15.0 Å². The number of carbonyl (C=O) groups is 2. The fourth-order valence-electron chi connectivity index (χ4n) is 2.47. The van der Waals surface area contributed by atoms with Gasteiger partial charge < -0.3 is 15.0 Å². The molecule has 25 heavy (non-hydrogen) atoms. The molecular formula is C18H21N3O3S. The topological polar surface area (TPSA) is 71.5 Å². The lowest BCUT2D eigenvalue weighted by molar-refractivity contribution is -0.121. The van der Waals surface area contributed by atoms with E-state index in [1.165, 1.54) is 11.3 Å². The Kier molecular flexibility index (Phi) is 4.76. The highest BCUT2D eigenvalue weighted by atomic mass is 32.1. The number of rotatable bonds is 4. The second-order valence-electron chi connectivity index (χ2n) is 6.89. The van der Waals surface area contributed by atoms with Gasteiger partial charge in [-0.1, -0.05) is 32.9 Å². The maximum Gasteiger partial charge on any atom is 0.265 e. The van der Waals surface area contributed by atoms with E-state index in [2.05, 4.69) is 31.1 Å². The molecule has 1 N–H and O–H groups in total. The SMILES string of the molecule is CC(C)(C)c1csc(NC(=O)CCN2C(=O)COc3ccccc32)n1. The lowest BCUT2D eigenvalue weighted by Gasteiger charge is -2.29.